The van der Waals surface area contributed by atoms with Crippen molar-refractivity contribution in [2.75, 3.05) is 0 Å². The molecule has 5 heterocycles. The summed E-state index contributed by atoms with van der Waals surface area (Å²) in [5.41, 5.74) is 0.328. The van der Waals surface area contributed by atoms with Crippen molar-refractivity contribution in [1.82, 2.24) is 10.3 Å². The van der Waals surface area contributed by atoms with Crippen molar-refractivity contribution in [3.8, 4) is 0 Å². The molecule has 8 atom stereocenters. The third-order valence-electron chi connectivity index (χ3n) is 7.61. The van der Waals surface area contributed by atoms with Crippen LogP contribution in [-0.2, 0) is 30.6 Å². The van der Waals surface area contributed by atoms with Crippen LogP contribution >= 0.6 is 0 Å². The number of hydrogen-bond donors (Lipinski definition) is 1. The Morgan fingerprint density at radius 2 is 2.10 bits per heavy atom. The van der Waals surface area contributed by atoms with Crippen LogP contribution in [0.25, 0.3) is 0 Å². The van der Waals surface area contributed by atoms with Gasteiger partial charge in [0, 0.05) is 31.3 Å². The molecule has 1 N–H and O–H groups in total. The van der Waals surface area contributed by atoms with Gasteiger partial charge in [-0.25, -0.2) is 9.78 Å². The average Bonchev–Trinajstić information content (AvgIpc) is 2.95. The number of nitrogens with one attached hydrogen (secondary N) is 1. The predicted molar refractivity (Wildman–Crippen MR) is 103 cm³/mol. The molecule has 1 aromatic heterocycles. The molecule has 5 fully saturated rings. The molecule has 5 aliphatic rings. The minimum atomic E-state index is -0.825. The molecule has 0 aromatic carbocycles. The summed E-state index contributed by atoms with van der Waals surface area (Å²) in [6.07, 6.45) is 6.17. The summed E-state index contributed by atoms with van der Waals surface area (Å²) in [6.45, 7) is 6.71. The van der Waals surface area contributed by atoms with Gasteiger partial charge in [0.15, 0.2) is 11.9 Å². The number of aromatic nitrogens is 1. The number of nitrogens with zero attached hydrogens (tertiary/aromatic N) is 1. The van der Waals surface area contributed by atoms with E-state index in [1.165, 1.54) is 0 Å². The van der Waals surface area contributed by atoms with Crippen molar-refractivity contribution in [2.45, 2.75) is 76.8 Å². The van der Waals surface area contributed by atoms with Crippen LogP contribution in [0.5, 0.6) is 0 Å². The van der Waals surface area contributed by atoms with Crippen LogP contribution in [0.15, 0.2) is 24.5 Å². The van der Waals surface area contributed by atoms with E-state index in [4.69, 9.17) is 19.2 Å². The number of fused-ring (bicyclic) bond motifs is 2. The van der Waals surface area contributed by atoms with Crippen LogP contribution in [-0.4, -0.2) is 34.7 Å². The van der Waals surface area contributed by atoms with Gasteiger partial charge in [-0.15, -0.1) is 0 Å². The zero-order valence-electron chi connectivity index (χ0n) is 17.3. The van der Waals surface area contributed by atoms with E-state index in [1.807, 2.05) is 19.1 Å². The van der Waals surface area contributed by atoms with Crippen LogP contribution < -0.4 is 5.32 Å². The van der Waals surface area contributed by atoms with Crippen molar-refractivity contribution in [2.24, 2.45) is 23.7 Å². The van der Waals surface area contributed by atoms with Gasteiger partial charge in [-0.05, 0) is 55.6 Å². The van der Waals surface area contributed by atoms with Gasteiger partial charge in [0.25, 0.3) is 0 Å². The topological polar surface area (TPSA) is 78.9 Å². The van der Waals surface area contributed by atoms with Crippen molar-refractivity contribution in [3.05, 3.63) is 30.1 Å². The smallest absolute Gasteiger partial charge is 0.249 e. The maximum absolute atomic E-state index is 13.1. The molecule has 6 rings (SSSR count). The highest BCUT2D eigenvalue weighted by Gasteiger charge is 2.69. The lowest BCUT2D eigenvalue weighted by molar-refractivity contribution is -0.569. The SMILES string of the molecule is C[C@H]1[C@H](C(=O)NCc2cccnc2)O[C@@H]2O[C@@]3(C)CC[C@H]4[C@H](C)CC[C@@H]1[C@@]24OO3. The van der Waals surface area contributed by atoms with Gasteiger partial charge in [0.05, 0.1) is 0 Å². The highest BCUT2D eigenvalue weighted by atomic mass is 17.3. The molecule has 1 saturated carbocycles. The second-order valence-corrected chi connectivity index (χ2v) is 9.40. The molecular weight excluding hydrogens is 372 g/mol. The Balaban J connectivity index is 1.40. The Kier molecular flexibility index (Phi) is 4.70. The molecule has 7 nitrogen and oxygen atoms in total. The molecule has 4 aliphatic heterocycles. The number of rotatable bonds is 3. The van der Waals surface area contributed by atoms with E-state index >= 15 is 0 Å². The van der Waals surface area contributed by atoms with Crippen LogP contribution in [0.4, 0.5) is 0 Å². The molecule has 1 spiro atoms. The second kappa shape index (κ2) is 7.01. The summed E-state index contributed by atoms with van der Waals surface area (Å²) in [4.78, 5) is 29.1. The summed E-state index contributed by atoms with van der Waals surface area (Å²) < 4.78 is 12.7. The monoisotopic (exact) mass is 402 g/mol. The third kappa shape index (κ3) is 3.02. The zero-order chi connectivity index (χ0) is 20.2. The van der Waals surface area contributed by atoms with Gasteiger partial charge >= 0.3 is 0 Å². The maximum Gasteiger partial charge on any atom is 0.249 e. The Hall–Kier alpha value is -1.54. The van der Waals surface area contributed by atoms with Gasteiger partial charge in [0.2, 0.25) is 11.7 Å². The van der Waals surface area contributed by atoms with Gasteiger partial charge < -0.3 is 14.8 Å². The molecule has 0 radical (unpaired) electrons. The highest BCUT2D eigenvalue weighted by molar-refractivity contribution is 5.81. The number of carbonyl (C=O) groups is 1. The molecule has 1 aliphatic carbocycles. The Morgan fingerprint density at radius 1 is 1.24 bits per heavy atom. The molecule has 158 valence electrons. The molecule has 0 unspecified atom stereocenters. The molecular formula is C22H30N2O5. The van der Waals surface area contributed by atoms with Crippen LogP contribution in [0.1, 0.15) is 52.0 Å². The zero-order valence-corrected chi connectivity index (χ0v) is 17.3. The average molecular weight is 402 g/mol. The van der Waals surface area contributed by atoms with Gasteiger partial charge in [-0.2, -0.15) is 0 Å². The summed E-state index contributed by atoms with van der Waals surface area (Å²) in [5, 5.41) is 3.01. The van der Waals surface area contributed by atoms with E-state index in [2.05, 4.69) is 24.1 Å². The highest BCUT2D eigenvalue weighted by Crippen LogP contribution is 2.60. The second-order valence-electron chi connectivity index (χ2n) is 9.40. The van der Waals surface area contributed by atoms with E-state index in [-0.39, 0.29) is 17.7 Å². The molecule has 1 amide bonds. The fourth-order valence-electron chi connectivity index (χ4n) is 6.00. The van der Waals surface area contributed by atoms with Crippen molar-refractivity contribution in [3.63, 3.8) is 0 Å². The van der Waals surface area contributed by atoms with Crippen molar-refractivity contribution >= 4 is 5.91 Å². The van der Waals surface area contributed by atoms with Crippen LogP contribution in [0, 0.1) is 23.7 Å². The lowest BCUT2D eigenvalue weighted by Gasteiger charge is -2.60. The van der Waals surface area contributed by atoms with E-state index in [1.54, 1.807) is 12.4 Å². The Labute approximate surface area is 171 Å². The number of ether oxygens (including phenoxy) is 2. The quantitative estimate of drug-likeness (QED) is 0.783. The van der Waals surface area contributed by atoms with E-state index in [0.717, 1.165) is 31.2 Å². The lowest BCUT2D eigenvalue weighted by atomic mass is 9.57. The first-order valence-corrected chi connectivity index (χ1v) is 10.8. The first-order valence-electron chi connectivity index (χ1n) is 10.8. The Bertz CT molecular complexity index is 776. The summed E-state index contributed by atoms with van der Waals surface area (Å²) in [7, 11) is 0. The molecule has 4 saturated heterocycles. The van der Waals surface area contributed by atoms with Crippen LogP contribution in [0.2, 0.25) is 0 Å². The first kappa shape index (κ1) is 19.4. The molecule has 7 heteroatoms. The fraction of sp³-hybridized carbons (Fsp3) is 0.727. The lowest BCUT2D eigenvalue weighted by Crippen LogP contribution is -2.71. The van der Waals surface area contributed by atoms with E-state index in [9.17, 15) is 4.79 Å². The minimum absolute atomic E-state index is 0.00445. The van der Waals surface area contributed by atoms with Gasteiger partial charge in [-0.1, -0.05) is 19.9 Å². The molecule has 1 aromatic rings. The number of pyridine rings is 1. The normalized spacial score (nSPS) is 45.9. The summed E-state index contributed by atoms with van der Waals surface area (Å²) >= 11 is 0. The fourth-order valence-corrected chi connectivity index (χ4v) is 6.00. The predicted octanol–water partition coefficient (Wildman–Crippen LogP) is 2.95. The maximum atomic E-state index is 13.1. The number of amides is 1. The molecule has 2 bridgehead atoms. The Morgan fingerprint density at radius 3 is 2.90 bits per heavy atom. The summed E-state index contributed by atoms with van der Waals surface area (Å²) in [6, 6.07) is 3.81. The van der Waals surface area contributed by atoms with Gasteiger partial charge in [0.1, 0.15) is 6.10 Å². The summed E-state index contributed by atoms with van der Waals surface area (Å²) in [5.74, 6) is 0.0327. The van der Waals surface area contributed by atoms with Gasteiger partial charge in [-0.3, -0.25) is 9.78 Å². The van der Waals surface area contributed by atoms with Crippen molar-refractivity contribution < 1.29 is 24.0 Å². The third-order valence-corrected chi connectivity index (χ3v) is 7.61. The molecule has 29 heavy (non-hydrogen) atoms. The number of hydrogen-bond acceptors (Lipinski definition) is 6. The van der Waals surface area contributed by atoms with E-state index in [0.29, 0.717) is 18.4 Å². The number of carbonyl (C=O) groups excluding carboxylic acids is 1. The minimum Gasteiger partial charge on any atom is -0.350 e. The largest absolute Gasteiger partial charge is 0.350 e. The standard InChI is InChI=1S/C22H30N2O5/c1-13-6-7-17-14(2)18(19(25)24-12-15-5-4-10-23-11-15)26-20-22(17)16(13)8-9-21(3,27-20)28-29-22/h4-5,10-11,13-14,16-18,20H,6-9,12H2,1-3H3,(H,24,25)/t13-,14-,16+,17+,18-,20-,21-,22-/m1/s1. The van der Waals surface area contributed by atoms with E-state index < -0.39 is 23.8 Å². The van der Waals surface area contributed by atoms with Crippen molar-refractivity contribution in [1.29, 1.82) is 0 Å². The first-order chi connectivity index (χ1) is 13.9. The van der Waals surface area contributed by atoms with Crippen LogP contribution in [0.3, 0.4) is 0 Å².